The summed E-state index contributed by atoms with van der Waals surface area (Å²) in [5.41, 5.74) is 0.518. The van der Waals surface area contributed by atoms with Crippen molar-refractivity contribution in [2.24, 2.45) is 0 Å². The monoisotopic (exact) mass is 273 g/mol. The van der Waals surface area contributed by atoms with Gasteiger partial charge in [0.1, 0.15) is 0 Å². The molecule has 7 nitrogen and oxygen atoms in total. The zero-order chi connectivity index (χ0) is 12.9. The second-order valence-electron chi connectivity index (χ2n) is 4.12. The van der Waals surface area contributed by atoms with Crippen LogP contribution in [0, 0.1) is 0 Å². The topological polar surface area (TPSA) is 94.1 Å². The molecule has 8 heteroatoms. The van der Waals surface area contributed by atoms with Gasteiger partial charge in [-0.3, -0.25) is 0 Å². The van der Waals surface area contributed by atoms with Gasteiger partial charge in [-0.1, -0.05) is 0 Å². The molecule has 1 aromatic rings. The van der Waals surface area contributed by atoms with Crippen LogP contribution >= 0.6 is 0 Å². The molecule has 2 N–H and O–H groups in total. The molecule has 2 aliphatic heterocycles. The lowest BCUT2D eigenvalue weighted by Gasteiger charge is -2.28. The molecule has 0 aromatic heterocycles. The van der Waals surface area contributed by atoms with Gasteiger partial charge >= 0.3 is 10.3 Å². The fourth-order valence-corrected chi connectivity index (χ4v) is 3.04. The Morgan fingerprint density at radius 3 is 2.67 bits per heavy atom. The van der Waals surface area contributed by atoms with Crippen molar-refractivity contribution < 1.29 is 27.2 Å². The minimum Gasteiger partial charge on any atom is -0.454 e. The maximum atomic E-state index is 11.5. The molecule has 18 heavy (non-hydrogen) atoms. The summed E-state index contributed by atoms with van der Waals surface area (Å²) in [5, 5.41) is 9.65. The van der Waals surface area contributed by atoms with Crippen LogP contribution in [0.15, 0.2) is 12.1 Å². The van der Waals surface area contributed by atoms with E-state index in [2.05, 4.69) is 4.72 Å². The van der Waals surface area contributed by atoms with Gasteiger partial charge in [0.2, 0.25) is 6.79 Å². The van der Waals surface area contributed by atoms with Crippen LogP contribution < -0.4 is 18.4 Å². The fraction of sp³-hybridized carbons (Fsp3) is 0.400. The first-order chi connectivity index (χ1) is 8.46. The number of hydrogen-bond acceptors (Lipinski definition) is 6. The SMILES string of the molecule is C[C@@H](O)[C@@H]1NS(=O)(=O)Oc2cc3c(cc21)OCO3. The quantitative estimate of drug-likeness (QED) is 0.751. The Hall–Kier alpha value is -1.51. The Balaban J connectivity index is 2.15. The lowest BCUT2D eigenvalue weighted by molar-refractivity contribution is 0.151. The molecule has 98 valence electrons. The van der Waals surface area contributed by atoms with E-state index in [4.69, 9.17) is 13.7 Å². The number of rotatable bonds is 1. The molecule has 0 fully saturated rings. The van der Waals surface area contributed by atoms with Crippen LogP contribution in [0.25, 0.3) is 0 Å². The molecular weight excluding hydrogens is 262 g/mol. The molecule has 0 unspecified atom stereocenters. The van der Waals surface area contributed by atoms with Gasteiger partial charge in [-0.05, 0) is 13.0 Å². The molecule has 3 rings (SSSR count). The van der Waals surface area contributed by atoms with E-state index in [1.807, 2.05) is 0 Å². The average molecular weight is 273 g/mol. The van der Waals surface area contributed by atoms with Crippen molar-refractivity contribution in [1.29, 1.82) is 0 Å². The van der Waals surface area contributed by atoms with E-state index in [9.17, 15) is 13.5 Å². The fourth-order valence-electron chi connectivity index (χ4n) is 1.97. The highest BCUT2D eigenvalue weighted by Crippen LogP contribution is 2.43. The highest BCUT2D eigenvalue weighted by atomic mass is 32.2. The Kier molecular flexibility index (Phi) is 2.40. The minimum absolute atomic E-state index is 0.0811. The van der Waals surface area contributed by atoms with Crippen molar-refractivity contribution in [2.75, 3.05) is 6.79 Å². The summed E-state index contributed by atoms with van der Waals surface area (Å²) in [4.78, 5) is 0. The molecule has 0 aliphatic carbocycles. The summed E-state index contributed by atoms with van der Waals surface area (Å²) in [7, 11) is -3.91. The number of aliphatic hydroxyl groups is 1. The third-order valence-electron chi connectivity index (χ3n) is 2.79. The maximum Gasteiger partial charge on any atom is 0.383 e. The number of hydrogen-bond donors (Lipinski definition) is 2. The molecule has 0 saturated heterocycles. The number of benzene rings is 1. The van der Waals surface area contributed by atoms with Gasteiger partial charge in [0.05, 0.1) is 12.1 Å². The zero-order valence-corrected chi connectivity index (χ0v) is 10.2. The van der Waals surface area contributed by atoms with Gasteiger partial charge in [-0.25, -0.2) is 0 Å². The van der Waals surface area contributed by atoms with E-state index in [1.54, 1.807) is 6.07 Å². The van der Waals surface area contributed by atoms with Gasteiger partial charge in [-0.2, -0.15) is 13.1 Å². The van der Waals surface area contributed by atoms with Crippen LogP contribution in [0.1, 0.15) is 18.5 Å². The minimum atomic E-state index is -3.91. The lowest BCUT2D eigenvalue weighted by Crippen LogP contribution is -2.41. The van der Waals surface area contributed by atoms with Crippen LogP contribution in [0.5, 0.6) is 17.2 Å². The third-order valence-corrected chi connectivity index (χ3v) is 3.73. The van der Waals surface area contributed by atoms with Crippen molar-refractivity contribution in [2.45, 2.75) is 19.1 Å². The number of fused-ring (bicyclic) bond motifs is 2. The highest BCUT2D eigenvalue weighted by molar-refractivity contribution is 7.85. The molecule has 2 heterocycles. The van der Waals surface area contributed by atoms with Gasteiger partial charge in [0.15, 0.2) is 17.2 Å². The molecule has 2 atom stereocenters. The summed E-state index contributed by atoms with van der Waals surface area (Å²) in [6.45, 7) is 1.57. The predicted molar refractivity (Wildman–Crippen MR) is 59.7 cm³/mol. The molecule has 2 aliphatic rings. The van der Waals surface area contributed by atoms with E-state index in [0.717, 1.165) is 0 Å². The maximum absolute atomic E-state index is 11.5. The van der Waals surface area contributed by atoms with Crippen LogP contribution in [0.3, 0.4) is 0 Å². The summed E-state index contributed by atoms with van der Waals surface area (Å²) in [6, 6.07) is 2.29. The van der Waals surface area contributed by atoms with E-state index >= 15 is 0 Å². The Labute approximate surface area is 104 Å². The molecule has 1 aromatic carbocycles. The average Bonchev–Trinajstić information content (AvgIpc) is 2.70. The lowest BCUT2D eigenvalue weighted by atomic mass is 10.0. The highest BCUT2D eigenvalue weighted by Gasteiger charge is 2.35. The second-order valence-corrected chi connectivity index (χ2v) is 5.43. The smallest absolute Gasteiger partial charge is 0.383 e. The van der Waals surface area contributed by atoms with Crippen LogP contribution in [0.4, 0.5) is 0 Å². The molecule has 0 saturated carbocycles. The standard InChI is InChI=1S/C10H11NO6S/c1-5(12)10-6-2-8-9(16-4-15-8)3-7(6)17-18(13,14)11-10/h2-3,5,10-12H,4H2,1H3/t5-,10+/m1/s1. The van der Waals surface area contributed by atoms with Crippen LogP contribution in [-0.4, -0.2) is 26.4 Å². The van der Waals surface area contributed by atoms with Gasteiger partial charge in [0, 0.05) is 11.6 Å². The molecule has 0 amide bonds. The van der Waals surface area contributed by atoms with Crippen LogP contribution in [0.2, 0.25) is 0 Å². The van der Waals surface area contributed by atoms with E-state index in [1.165, 1.54) is 13.0 Å². The molecular formula is C10H11NO6S. The first-order valence-electron chi connectivity index (χ1n) is 5.29. The van der Waals surface area contributed by atoms with Crippen LogP contribution in [-0.2, 0) is 10.3 Å². The predicted octanol–water partition coefficient (Wildman–Crippen LogP) is 0.0640. The number of aliphatic hydroxyl groups excluding tert-OH is 1. The molecule has 0 spiro atoms. The van der Waals surface area contributed by atoms with Crippen molar-refractivity contribution in [3.63, 3.8) is 0 Å². The third kappa shape index (κ3) is 1.78. The summed E-state index contributed by atoms with van der Waals surface area (Å²) in [6.07, 6.45) is -0.900. The summed E-state index contributed by atoms with van der Waals surface area (Å²) >= 11 is 0. The van der Waals surface area contributed by atoms with E-state index in [-0.39, 0.29) is 12.5 Å². The molecule has 0 bridgehead atoms. The number of nitrogens with one attached hydrogen (secondary N) is 1. The van der Waals surface area contributed by atoms with Gasteiger partial charge in [-0.15, -0.1) is 0 Å². The van der Waals surface area contributed by atoms with Crippen molar-refractivity contribution in [3.8, 4) is 17.2 Å². The zero-order valence-electron chi connectivity index (χ0n) is 9.41. The number of ether oxygens (including phenoxy) is 2. The first kappa shape index (κ1) is 11.6. The summed E-state index contributed by atoms with van der Waals surface area (Å²) < 4.78 is 40.5. The first-order valence-corrected chi connectivity index (χ1v) is 6.70. The van der Waals surface area contributed by atoms with E-state index < -0.39 is 22.4 Å². The van der Waals surface area contributed by atoms with E-state index in [0.29, 0.717) is 17.1 Å². The summed E-state index contributed by atoms with van der Waals surface area (Å²) in [5.74, 6) is 1.07. The van der Waals surface area contributed by atoms with Gasteiger partial charge < -0.3 is 18.8 Å². The van der Waals surface area contributed by atoms with Crippen molar-refractivity contribution in [1.82, 2.24) is 4.72 Å². The van der Waals surface area contributed by atoms with Gasteiger partial charge in [0.25, 0.3) is 0 Å². The molecule has 0 radical (unpaired) electrons. The largest absolute Gasteiger partial charge is 0.454 e. The van der Waals surface area contributed by atoms with Crippen molar-refractivity contribution in [3.05, 3.63) is 17.7 Å². The van der Waals surface area contributed by atoms with Crippen molar-refractivity contribution >= 4 is 10.3 Å². The second kappa shape index (κ2) is 3.74. The Bertz CT molecular complexity index is 597. The Morgan fingerprint density at radius 2 is 2.00 bits per heavy atom. The normalized spacial score (nSPS) is 25.1. The Morgan fingerprint density at radius 1 is 1.33 bits per heavy atom.